The Kier molecular flexibility index (Phi) is 16.1. The molecule has 0 bridgehead atoms. The summed E-state index contributed by atoms with van der Waals surface area (Å²) in [5.41, 5.74) is 2.08. The van der Waals surface area contributed by atoms with E-state index in [1.54, 1.807) is 51.3 Å². The van der Waals surface area contributed by atoms with Crippen molar-refractivity contribution in [2.75, 3.05) is 32.4 Å². The van der Waals surface area contributed by atoms with Gasteiger partial charge < -0.3 is 35.6 Å². The van der Waals surface area contributed by atoms with Crippen molar-refractivity contribution in [2.24, 2.45) is 10.9 Å². The second-order valence-electron chi connectivity index (χ2n) is 13.2. The normalized spacial score (nSPS) is 15.5. The zero-order valence-corrected chi connectivity index (χ0v) is 31.0. The van der Waals surface area contributed by atoms with E-state index in [-0.39, 0.29) is 37.6 Å². The van der Waals surface area contributed by atoms with Crippen LogP contribution in [-0.4, -0.2) is 95.2 Å². The van der Waals surface area contributed by atoms with Crippen LogP contribution in [0.4, 0.5) is 14.4 Å². The zero-order chi connectivity index (χ0) is 35.8. The molecule has 49 heavy (non-hydrogen) atoms. The van der Waals surface area contributed by atoms with Gasteiger partial charge in [-0.25, -0.2) is 14.4 Å². The van der Waals surface area contributed by atoms with Crippen LogP contribution in [0, 0.1) is 5.92 Å². The van der Waals surface area contributed by atoms with Crippen LogP contribution in [-0.2, 0) is 27.3 Å². The highest BCUT2D eigenvalue weighted by atomic mass is 32.2. The number of rotatable bonds is 17. The fourth-order valence-corrected chi connectivity index (χ4v) is 6.48. The highest BCUT2D eigenvalue weighted by molar-refractivity contribution is 8.14. The molecule has 1 aliphatic heterocycles. The molecule has 1 aromatic heterocycles. The van der Waals surface area contributed by atoms with Gasteiger partial charge in [0.05, 0.1) is 21.5 Å². The topological polar surface area (TPSA) is 163 Å². The van der Waals surface area contributed by atoms with Crippen LogP contribution in [0.25, 0.3) is 0 Å². The number of aromatic nitrogens is 1. The van der Waals surface area contributed by atoms with Crippen LogP contribution >= 0.6 is 23.1 Å². The van der Waals surface area contributed by atoms with E-state index in [4.69, 9.17) is 14.5 Å². The van der Waals surface area contributed by atoms with E-state index >= 15 is 0 Å². The summed E-state index contributed by atoms with van der Waals surface area (Å²) < 4.78 is 10.7. The van der Waals surface area contributed by atoms with Crippen LogP contribution in [0.2, 0.25) is 0 Å². The van der Waals surface area contributed by atoms with E-state index in [1.807, 2.05) is 30.3 Å². The molecule has 2 heterocycles. The number of nitrogens with one attached hydrogen (secondary N) is 4. The molecule has 270 valence electrons. The average molecular weight is 718 g/mol. The number of likely N-dealkylation sites (N-methyl/N-ethyl adjacent to an activating group) is 1. The lowest BCUT2D eigenvalue weighted by Crippen LogP contribution is -2.52. The minimum absolute atomic E-state index is 0.0123. The van der Waals surface area contributed by atoms with Gasteiger partial charge in [-0.3, -0.25) is 14.8 Å². The molecule has 0 radical (unpaired) electrons. The predicted molar refractivity (Wildman–Crippen MR) is 194 cm³/mol. The number of urea groups is 1. The van der Waals surface area contributed by atoms with Crippen molar-refractivity contribution in [2.45, 2.75) is 90.6 Å². The Morgan fingerprint density at radius 2 is 1.78 bits per heavy atom. The average Bonchev–Trinajstić information content (AvgIpc) is 3.74. The van der Waals surface area contributed by atoms with Crippen molar-refractivity contribution in [3.63, 3.8) is 0 Å². The minimum atomic E-state index is -0.905. The molecular formula is C34H51N7O6S2. The summed E-state index contributed by atoms with van der Waals surface area (Å²) in [4.78, 5) is 62.5. The molecule has 5 amide bonds. The first kappa shape index (κ1) is 39.6. The first-order chi connectivity index (χ1) is 23.3. The van der Waals surface area contributed by atoms with Crippen molar-refractivity contribution in [3.05, 3.63) is 52.5 Å². The van der Waals surface area contributed by atoms with E-state index < -0.39 is 29.9 Å². The number of carbonyl (C=O) groups excluding carboxylic acids is 4. The van der Waals surface area contributed by atoms with Crippen molar-refractivity contribution in [1.29, 1.82) is 0 Å². The van der Waals surface area contributed by atoms with Crippen LogP contribution < -0.4 is 21.3 Å². The number of benzene rings is 1. The van der Waals surface area contributed by atoms with E-state index in [0.29, 0.717) is 38.3 Å². The van der Waals surface area contributed by atoms with Gasteiger partial charge in [-0.2, -0.15) is 0 Å². The second kappa shape index (κ2) is 20.0. The number of nitrogens with zero attached hydrogens (tertiary/aromatic N) is 3. The number of thiazole rings is 1. The predicted octanol–water partition coefficient (Wildman–Crippen LogP) is 4.97. The third kappa shape index (κ3) is 15.5. The fourth-order valence-electron chi connectivity index (χ4n) is 4.87. The SMILES string of the molecule is CC(C)C1=NC(CN(C)C(=O)N[C@@H](CCNC(=O)OC(C)(C)C)C(=O)NCCC[C@@H](Cc2ccccc2)NC(=O)OCc2cncs2)CS1. The quantitative estimate of drug-likeness (QED) is 0.167. The standard InChI is InChI=1S/C34H51N7O6S2/c1-23(2)30-38-26(21-48-30)19-41(6)31(43)40-28(14-16-37-32(44)47-34(3,4)5)29(42)36-15-10-13-25(17-24-11-8-7-9-12-24)39-33(45)46-20-27-18-35-22-49-27/h7-9,11-12,18,22-23,25-26,28H,10,13-17,19-21H2,1-6H3,(H,36,42)(H,37,44)(H,39,45)(H,40,43)/t25-,26?,28-/m0/s1. The lowest BCUT2D eigenvalue weighted by atomic mass is 10.0. The largest absolute Gasteiger partial charge is 0.444 e. The highest BCUT2D eigenvalue weighted by Crippen LogP contribution is 2.23. The number of alkyl carbamates (subject to hydrolysis) is 2. The molecule has 2 aromatic rings. The van der Waals surface area contributed by atoms with Crippen LogP contribution in [0.5, 0.6) is 0 Å². The maximum atomic E-state index is 13.4. The molecule has 15 heteroatoms. The minimum Gasteiger partial charge on any atom is -0.444 e. The monoisotopic (exact) mass is 717 g/mol. The first-order valence-electron chi connectivity index (χ1n) is 16.6. The molecule has 3 rings (SSSR count). The summed E-state index contributed by atoms with van der Waals surface area (Å²) >= 11 is 3.12. The number of carbonyl (C=O) groups is 4. The van der Waals surface area contributed by atoms with Crippen molar-refractivity contribution in [3.8, 4) is 0 Å². The highest BCUT2D eigenvalue weighted by Gasteiger charge is 2.27. The third-order valence-electron chi connectivity index (χ3n) is 7.28. The maximum Gasteiger partial charge on any atom is 0.407 e. The Morgan fingerprint density at radius 3 is 2.43 bits per heavy atom. The van der Waals surface area contributed by atoms with E-state index in [1.165, 1.54) is 16.2 Å². The number of hydrogen-bond acceptors (Lipinski definition) is 10. The van der Waals surface area contributed by atoms with Crippen molar-refractivity contribution < 1.29 is 28.7 Å². The summed E-state index contributed by atoms with van der Waals surface area (Å²) in [6, 6.07) is 8.26. The maximum absolute atomic E-state index is 13.4. The van der Waals surface area contributed by atoms with E-state index in [2.05, 4.69) is 40.1 Å². The third-order valence-corrected chi connectivity index (χ3v) is 9.46. The number of aliphatic imine (C=N–C) groups is 1. The molecular weight excluding hydrogens is 667 g/mol. The van der Waals surface area contributed by atoms with Gasteiger partial charge in [-0.15, -0.1) is 23.1 Å². The summed E-state index contributed by atoms with van der Waals surface area (Å²) in [5.74, 6) is 0.770. The van der Waals surface area contributed by atoms with Gasteiger partial charge in [-0.05, 0) is 52.0 Å². The second-order valence-corrected chi connectivity index (χ2v) is 15.2. The van der Waals surface area contributed by atoms with Gasteiger partial charge in [0.1, 0.15) is 18.2 Å². The van der Waals surface area contributed by atoms with Gasteiger partial charge in [0.15, 0.2) is 0 Å². The molecule has 4 N–H and O–H groups in total. The molecule has 1 aliphatic rings. The van der Waals surface area contributed by atoms with E-state index in [9.17, 15) is 19.2 Å². The van der Waals surface area contributed by atoms with Gasteiger partial charge in [0.25, 0.3) is 0 Å². The summed E-state index contributed by atoms with van der Waals surface area (Å²) in [7, 11) is 1.68. The number of thioether (sulfide) groups is 1. The Labute approximate surface area is 297 Å². The smallest absolute Gasteiger partial charge is 0.407 e. The Bertz CT molecular complexity index is 1370. The molecule has 0 spiro atoms. The number of amides is 5. The molecule has 0 saturated carbocycles. The molecule has 0 aliphatic carbocycles. The Hall–Kier alpha value is -3.85. The molecule has 13 nitrogen and oxygen atoms in total. The van der Waals surface area contributed by atoms with Crippen LogP contribution in [0.1, 0.15) is 64.3 Å². The lowest BCUT2D eigenvalue weighted by molar-refractivity contribution is -0.123. The Balaban J connectivity index is 1.55. The van der Waals surface area contributed by atoms with Gasteiger partial charge in [0, 0.05) is 50.6 Å². The molecule has 1 aromatic carbocycles. The zero-order valence-electron chi connectivity index (χ0n) is 29.3. The lowest BCUT2D eigenvalue weighted by Gasteiger charge is -2.25. The fraction of sp³-hybridized carbons (Fsp3) is 0.588. The number of hydrogen-bond donors (Lipinski definition) is 4. The van der Waals surface area contributed by atoms with E-state index in [0.717, 1.165) is 21.2 Å². The summed E-state index contributed by atoms with van der Waals surface area (Å²) in [5, 5.41) is 12.5. The van der Waals surface area contributed by atoms with Gasteiger partial charge in [0.2, 0.25) is 5.91 Å². The Morgan fingerprint density at radius 1 is 1.02 bits per heavy atom. The number of ether oxygens (including phenoxy) is 2. The first-order valence-corrected chi connectivity index (χ1v) is 18.5. The van der Waals surface area contributed by atoms with Crippen molar-refractivity contribution in [1.82, 2.24) is 31.2 Å². The molecule has 1 unspecified atom stereocenters. The van der Waals surface area contributed by atoms with Crippen LogP contribution in [0.3, 0.4) is 0 Å². The van der Waals surface area contributed by atoms with Gasteiger partial charge in [-0.1, -0.05) is 44.2 Å². The molecule has 0 fully saturated rings. The molecule has 3 atom stereocenters. The summed E-state index contributed by atoms with van der Waals surface area (Å²) in [6.45, 7) is 10.5. The summed E-state index contributed by atoms with van der Waals surface area (Å²) in [6.07, 6.45) is 2.42. The van der Waals surface area contributed by atoms with Gasteiger partial charge >= 0.3 is 18.2 Å². The van der Waals surface area contributed by atoms with Crippen molar-refractivity contribution >= 4 is 52.3 Å². The molecule has 0 saturated heterocycles. The van der Waals surface area contributed by atoms with Crippen LogP contribution in [0.15, 0.2) is 47.0 Å².